The van der Waals surface area contributed by atoms with E-state index in [2.05, 4.69) is 0 Å². The number of rotatable bonds is 4. The highest BCUT2D eigenvalue weighted by molar-refractivity contribution is 6.24. The van der Waals surface area contributed by atoms with Crippen molar-refractivity contribution >= 4 is 29.2 Å². The quantitative estimate of drug-likeness (QED) is 0.421. The SMILES string of the molecule is CC/C(C)=C/c1ccc(O)c2c1C[C@]1(C)C[C@]3(C)C(C(C)C)C(=O)C(C(C)=O)=C(O)[C@]3(O)C(=O)C1=C2O. The van der Waals surface area contributed by atoms with Crippen LogP contribution in [0.5, 0.6) is 5.75 Å². The van der Waals surface area contributed by atoms with Crippen molar-refractivity contribution in [2.75, 3.05) is 0 Å². The first kappa shape index (κ1) is 26.9. The smallest absolute Gasteiger partial charge is 0.203 e. The van der Waals surface area contributed by atoms with Gasteiger partial charge in [-0.05, 0) is 56.2 Å². The highest BCUT2D eigenvalue weighted by Gasteiger charge is 2.72. The summed E-state index contributed by atoms with van der Waals surface area (Å²) in [5.74, 6) is -5.18. The van der Waals surface area contributed by atoms with Crippen molar-refractivity contribution in [3.63, 3.8) is 0 Å². The molecule has 0 spiro atoms. The molecule has 198 valence electrons. The molecule has 4 rings (SSSR count). The Balaban J connectivity index is 2.08. The molecule has 1 aromatic carbocycles. The Morgan fingerprint density at radius 1 is 1.14 bits per heavy atom. The average molecular weight is 509 g/mol. The number of hydrogen-bond acceptors (Lipinski definition) is 7. The van der Waals surface area contributed by atoms with Crippen molar-refractivity contribution in [2.45, 2.75) is 73.3 Å². The molecule has 4 atom stereocenters. The number of fused-ring (bicyclic) bond motifs is 3. The van der Waals surface area contributed by atoms with E-state index in [4.69, 9.17) is 0 Å². The van der Waals surface area contributed by atoms with Gasteiger partial charge in [0.25, 0.3) is 0 Å². The van der Waals surface area contributed by atoms with Gasteiger partial charge in [0.15, 0.2) is 17.2 Å². The van der Waals surface area contributed by atoms with Gasteiger partial charge in [-0.2, -0.15) is 0 Å². The number of allylic oxidation sites excluding steroid dienone is 2. The second-order valence-electron chi connectivity index (χ2n) is 11.8. The number of benzene rings is 1. The minimum atomic E-state index is -2.59. The third kappa shape index (κ3) is 3.39. The van der Waals surface area contributed by atoms with E-state index in [9.17, 15) is 34.8 Å². The van der Waals surface area contributed by atoms with Crippen LogP contribution in [-0.2, 0) is 20.8 Å². The van der Waals surface area contributed by atoms with E-state index in [-0.39, 0.29) is 35.6 Å². The lowest BCUT2D eigenvalue weighted by atomic mass is 9.43. The Morgan fingerprint density at radius 2 is 1.76 bits per heavy atom. The van der Waals surface area contributed by atoms with Crippen molar-refractivity contribution in [3.8, 4) is 5.75 Å². The van der Waals surface area contributed by atoms with Gasteiger partial charge in [0.2, 0.25) is 5.78 Å². The lowest BCUT2D eigenvalue weighted by Gasteiger charge is -2.59. The number of hydrogen-bond donors (Lipinski definition) is 4. The van der Waals surface area contributed by atoms with Gasteiger partial charge >= 0.3 is 0 Å². The molecule has 0 bridgehead atoms. The largest absolute Gasteiger partial charge is 0.508 e. The summed E-state index contributed by atoms with van der Waals surface area (Å²) in [6.07, 6.45) is 3.14. The summed E-state index contributed by atoms with van der Waals surface area (Å²) in [5.41, 5.74) is -3.07. The average Bonchev–Trinajstić information content (AvgIpc) is 2.77. The number of phenolic OH excluding ortho intramolecular Hbond substituents is 1. The predicted molar refractivity (Wildman–Crippen MR) is 140 cm³/mol. The molecule has 37 heavy (non-hydrogen) atoms. The van der Waals surface area contributed by atoms with Crippen molar-refractivity contribution in [3.05, 3.63) is 51.3 Å². The molecule has 0 amide bonds. The van der Waals surface area contributed by atoms with E-state index >= 15 is 0 Å². The van der Waals surface area contributed by atoms with E-state index < -0.39 is 56.8 Å². The Bertz CT molecular complexity index is 1340. The first-order chi connectivity index (χ1) is 17.1. The molecule has 3 aliphatic rings. The fourth-order valence-electron chi connectivity index (χ4n) is 7.24. The Morgan fingerprint density at radius 3 is 2.30 bits per heavy atom. The van der Waals surface area contributed by atoms with Gasteiger partial charge in [-0.15, -0.1) is 0 Å². The van der Waals surface area contributed by atoms with Gasteiger partial charge in [-0.25, -0.2) is 0 Å². The predicted octanol–water partition coefficient (Wildman–Crippen LogP) is 5.00. The zero-order valence-electron chi connectivity index (χ0n) is 22.5. The minimum Gasteiger partial charge on any atom is -0.508 e. The maximum Gasteiger partial charge on any atom is 0.203 e. The Labute approximate surface area is 217 Å². The molecule has 4 N–H and O–H groups in total. The van der Waals surface area contributed by atoms with Gasteiger partial charge in [0, 0.05) is 22.3 Å². The summed E-state index contributed by atoms with van der Waals surface area (Å²) in [4.78, 5) is 40.2. The number of carbonyl (C=O) groups is 3. The number of Topliss-reactive ketones (excluding diaryl/α,β-unsaturated/α-hetero) is 3. The van der Waals surface area contributed by atoms with Crippen LogP contribution >= 0.6 is 0 Å². The van der Waals surface area contributed by atoms with Crippen LogP contribution in [0.25, 0.3) is 11.8 Å². The van der Waals surface area contributed by atoms with Crippen molar-refractivity contribution in [2.24, 2.45) is 22.7 Å². The lowest BCUT2D eigenvalue weighted by Crippen LogP contribution is -2.69. The summed E-state index contributed by atoms with van der Waals surface area (Å²) in [5, 5.41) is 45.5. The van der Waals surface area contributed by atoms with E-state index in [0.29, 0.717) is 5.56 Å². The summed E-state index contributed by atoms with van der Waals surface area (Å²) in [6.45, 7) is 12.1. The maximum atomic E-state index is 14.2. The summed E-state index contributed by atoms with van der Waals surface area (Å²) in [6, 6.07) is 3.23. The van der Waals surface area contributed by atoms with Gasteiger partial charge in [0.1, 0.15) is 22.8 Å². The zero-order valence-corrected chi connectivity index (χ0v) is 22.5. The number of carbonyl (C=O) groups excluding carboxylic acids is 3. The van der Waals surface area contributed by atoms with Crippen molar-refractivity contribution < 1.29 is 34.8 Å². The second-order valence-corrected chi connectivity index (χ2v) is 11.8. The normalized spacial score (nSPS) is 31.9. The molecule has 3 aliphatic carbocycles. The molecule has 1 unspecified atom stereocenters. The molecule has 0 aromatic heterocycles. The topological polar surface area (TPSA) is 132 Å². The van der Waals surface area contributed by atoms with Gasteiger partial charge in [-0.1, -0.05) is 52.3 Å². The molecule has 0 heterocycles. The molecule has 7 heteroatoms. The maximum absolute atomic E-state index is 14.2. The van der Waals surface area contributed by atoms with Crippen LogP contribution in [0.4, 0.5) is 0 Å². The molecule has 1 aromatic rings. The molecular formula is C30H36O7. The van der Waals surface area contributed by atoms with E-state index in [1.165, 1.54) is 6.07 Å². The Kier molecular flexibility index (Phi) is 6.11. The molecular weight excluding hydrogens is 472 g/mol. The fraction of sp³-hybridized carbons (Fsp3) is 0.500. The van der Waals surface area contributed by atoms with Crippen LogP contribution in [0.2, 0.25) is 0 Å². The van der Waals surface area contributed by atoms with Gasteiger partial charge in [-0.3, -0.25) is 14.4 Å². The summed E-state index contributed by atoms with van der Waals surface area (Å²) >= 11 is 0. The van der Waals surface area contributed by atoms with Gasteiger partial charge < -0.3 is 20.4 Å². The standard InChI is InChI=1S/C30H36O7/c1-8-15(4)11-17-9-10-19(32)21-18(17)12-28(6)13-29(7)22(14(2)3)24(33)20(16(5)31)26(35)30(29,37)27(36)23(28)25(21)34/h9-11,14,22,32,34-35,37H,8,12-13H2,1-7H3/b15-11+/t22?,28-,29-,30+/m1/s1. The highest BCUT2D eigenvalue weighted by Crippen LogP contribution is 2.65. The first-order valence-corrected chi connectivity index (χ1v) is 12.8. The lowest BCUT2D eigenvalue weighted by molar-refractivity contribution is -0.178. The van der Waals surface area contributed by atoms with E-state index in [1.807, 2.05) is 19.9 Å². The third-order valence-electron chi connectivity index (χ3n) is 8.88. The monoisotopic (exact) mass is 508 g/mol. The summed E-state index contributed by atoms with van der Waals surface area (Å²) in [7, 11) is 0. The summed E-state index contributed by atoms with van der Waals surface area (Å²) < 4.78 is 0. The zero-order chi connectivity index (χ0) is 27.8. The van der Waals surface area contributed by atoms with Crippen LogP contribution < -0.4 is 0 Å². The third-order valence-corrected chi connectivity index (χ3v) is 8.88. The molecule has 1 saturated carbocycles. The van der Waals surface area contributed by atoms with Gasteiger partial charge in [0.05, 0.1) is 5.56 Å². The van der Waals surface area contributed by atoms with Crippen LogP contribution in [0.1, 0.15) is 78.0 Å². The molecule has 0 radical (unpaired) electrons. The molecule has 7 nitrogen and oxygen atoms in total. The van der Waals surface area contributed by atoms with Crippen molar-refractivity contribution in [1.82, 2.24) is 0 Å². The number of aliphatic hydroxyl groups excluding tert-OH is 2. The number of aromatic hydroxyl groups is 1. The number of ketones is 3. The van der Waals surface area contributed by atoms with Crippen LogP contribution in [-0.4, -0.2) is 43.4 Å². The minimum absolute atomic E-state index is 0.0798. The second kappa shape index (κ2) is 8.42. The number of phenols is 1. The van der Waals surface area contributed by atoms with Crippen LogP contribution in [0.3, 0.4) is 0 Å². The Hall–Kier alpha value is -3.19. The highest BCUT2D eigenvalue weighted by atomic mass is 16.3. The molecule has 0 saturated heterocycles. The van der Waals surface area contributed by atoms with E-state index in [0.717, 1.165) is 24.5 Å². The van der Waals surface area contributed by atoms with Crippen LogP contribution in [0, 0.1) is 22.7 Å². The fourth-order valence-corrected chi connectivity index (χ4v) is 7.24. The van der Waals surface area contributed by atoms with Crippen molar-refractivity contribution in [1.29, 1.82) is 0 Å². The van der Waals surface area contributed by atoms with Crippen LogP contribution in [0.15, 0.2) is 34.6 Å². The van der Waals surface area contributed by atoms with E-state index in [1.54, 1.807) is 33.8 Å². The number of aliphatic hydroxyl groups is 3. The molecule has 0 aliphatic heterocycles. The molecule has 1 fully saturated rings. The first-order valence-electron chi connectivity index (χ1n) is 12.8.